The molecule has 4 nitrogen and oxygen atoms in total. The fraction of sp³-hybridized carbons (Fsp3) is 0.583. The van der Waals surface area contributed by atoms with Crippen molar-refractivity contribution in [2.45, 2.75) is 12.8 Å². The van der Waals surface area contributed by atoms with Crippen LogP contribution in [0.2, 0.25) is 0 Å². The molecule has 1 aromatic heterocycles. The van der Waals surface area contributed by atoms with Gasteiger partial charge in [0.1, 0.15) is 5.82 Å². The van der Waals surface area contributed by atoms with E-state index in [1.165, 1.54) is 12.8 Å². The Morgan fingerprint density at radius 3 is 2.89 bits per heavy atom. The normalized spacial score (nSPS) is 18.6. The van der Waals surface area contributed by atoms with E-state index in [1.54, 1.807) is 7.11 Å². The molecule has 1 fully saturated rings. The molecule has 1 aromatic rings. The van der Waals surface area contributed by atoms with Crippen LogP contribution >= 0.6 is 24.8 Å². The molecule has 0 aliphatic carbocycles. The molecule has 1 aliphatic heterocycles. The van der Waals surface area contributed by atoms with Gasteiger partial charge in [-0.15, -0.1) is 24.8 Å². The third-order valence-electron chi connectivity index (χ3n) is 3.09. The number of rotatable bonds is 3. The predicted octanol–water partition coefficient (Wildman–Crippen LogP) is 2.11. The number of hydrogen-bond acceptors (Lipinski definition) is 4. The number of methoxy groups -OCH3 is 1. The van der Waals surface area contributed by atoms with Crippen molar-refractivity contribution in [2.24, 2.45) is 11.7 Å². The van der Waals surface area contributed by atoms with Gasteiger partial charge < -0.3 is 15.4 Å². The number of hydrogen-bond donors (Lipinski definition) is 1. The van der Waals surface area contributed by atoms with E-state index in [-0.39, 0.29) is 24.8 Å². The number of halogens is 2. The third kappa shape index (κ3) is 4.19. The molecule has 0 spiro atoms. The van der Waals surface area contributed by atoms with E-state index < -0.39 is 0 Å². The van der Waals surface area contributed by atoms with Crippen molar-refractivity contribution in [3.63, 3.8) is 0 Å². The number of aromatic nitrogens is 1. The minimum atomic E-state index is 0. The standard InChI is InChI=1S/C12H19N3O.2ClH/c1-16-12-6-2-5-11(14-12)15-7-3-4-10(8-13)9-15;;/h2,5-6,10H,3-4,7-9,13H2,1H3;2*1H. The first kappa shape index (κ1) is 17.3. The molecule has 0 aromatic carbocycles. The van der Waals surface area contributed by atoms with Gasteiger partial charge in [-0.2, -0.15) is 4.98 Å². The van der Waals surface area contributed by atoms with Gasteiger partial charge in [0.05, 0.1) is 7.11 Å². The molecule has 1 unspecified atom stereocenters. The Kier molecular flexibility index (Phi) is 8.07. The highest BCUT2D eigenvalue weighted by atomic mass is 35.5. The smallest absolute Gasteiger partial charge is 0.214 e. The Morgan fingerprint density at radius 1 is 1.44 bits per heavy atom. The van der Waals surface area contributed by atoms with Crippen molar-refractivity contribution >= 4 is 30.6 Å². The highest BCUT2D eigenvalue weighted by Crippen LogP contribution is 2.22. The van der Waals surface area contributed by atoms with Crippen molar-refractivity contribution in [1.82, 2.24) is 4.98 Å². The molecule has 0 bridgehead atoms. The number of anilines is 1. The molecule has 1 saturated heterocycles. The molecular weight excluding hydrogens is 273 g/mol. The molecule has 0 saturated carbocycles. The van der Waals surface area contributed by atoms with Gasteiger partial charge in [-0.25, -0.2) is 0 Å². The van der Waals surface area contributed by atoms with Crippen molar-refractivity contribution < 1.29 is 4.74 Å². The summed E-state index contributed by atoms with van der Waals surface area (Å²) in [5, 5.41) is 0. The molecule has 2 rings (SSSR count). The summed E-state index contributed by atoms with van der Waals surface area (Å²) in [6, 6.07) is 5.88. The lowest BCUT2D eigenvalue weighted by Gasteiger charge is -2.33. The van der Waals surface area contributed by atoms with E-state index in [9.17, 15) is 0 Å². The highest BCUT2D eigenvalue weighted by molar-refractivity contribution is 5.85. The second kappa shape index (κ2) is 8.40. The number of nitrogens with zero attached hydrogens (tertiary/aromatic N) is 2. The zero-order chi connectivity index (χ0) is 11.4. The van der Waals surface area contributed by atoms with Gasteiger partial charge in [-0.1, -0.05) is 6.07 Å². The predicted molar refractivity (Wildman–Crippen MR) is 79.3 cm³/mol. The maximum Gasteiger partial charge on any atom is 0.214 e. The average molecular weight is 294 g/mol. The van der Waals surface area contributed by atoms with Crippen LogP contribution in [0.5, 0.6) is 5.88 Å². The van der Waals surface area contributed by atoms with Gasteiger partial charge in [-0.05, 0) is 31.4 Å². The van der Waals surface area contributed by atoms with Crippen LogP contribution in [0, 0.1) is 5.92 Å². The van der Waals surface area contributed by atoms with Gasteiger partial charge in [0.15, 0.2) is 0 Å². The summed E-state index contributed by atoms with van der Waals surface area (Å²) < 4.78 is 5.14. The first-order valence-corrected chi connectivity index (χ1v) is 5.79. The van der Waals surface area contributed by atoms with Crippen LogP contribution in [-0.4, -0.2) is 31.7 Å². The Hall–Kier alpha value is -0.710. The maximum atomic E-state index is 5.73. The van der Waals surface area contributed by atoms with E-state index in [4.69, 9.17) is 10.5 Å². The number of nitrogens with two attached hydrogens (primary N) is 1. The fourth-order valence-corrected chi connectivity index (χ4v) is 2.16. The monoisotopic (exact) mass is 293 g/mol. The Balaban J connectivity index is 0.00000144. The second-order valence-electron chi connectivity index (χ2n) is 4.23. The maximum absolute atomic E-state index is 5.73. The van der Waals surface area contributed by atoms with Crippen molar-refractivity contribution in [3.8, 4) is 5.88 Å². The summed E-state index contributed by atoms with van der Waals surface area (Å²) in [6.45, 7) is 2.84. The summed E-state index contributed by atoms with van der Waals surface area (Å²) >= 11 is 0. The Morgan fingerprint density at radius 2 is 2.22 bits per heavy atom. The van der Waals surface area contributed by atoms with Crippen LogP contribution in [0.3, 0.4) is 0 Å². The summed E-state index contributed by atoms with van der Waals surface area (Å²) in [7, 11) is 1.64. The van der Waals surface area contributed by atoms with Crippen molar-refractivity contribution in [2.75, 3.05) is 31.6 Å². The zero-order valence-corrected chi connectivity index (χ0v) is 12.2. The minimum absolute atomic E-state index is 0. The van der Waals surface area contributed by atoms with E-state index in [0.29, 0.717) is 11.8 Å². The lowest BCUT2D eigenvalue weighted by Crippen LogP contribution is -2.38. The van der Waals surface area contributed by atoms with Crippen LogP contribution in [0.4, 0.5) is 5.82 Å². The summed E-state index contributed by atoms with van der Waals surface area (Å²) in [4.78, 5) is 6.74. The number of ether oxygens (including phenoxy) is 1. The molecule has 1 atom stereocenters. The first-order valence-electron chi connectivity index (χ1n) is 5.79. The molecule has 1 aliphatic rings. The van der Waals surface area contributed by atoms with E-state index >= 15 is 0 Å². The Bertz CT molecular complexity index is 352. The molecule has 6 heteroatoms. The third-order valence-corrected chi connectivity index (χ3v) is 3.09. The van der Waals surface area contributed by atoms with Crippen LogP contribution < -0.4 is 15.4 Å². The van der Waals surface area contributed by atoms with Gasteiger partial charge in [-0.3, -0.25) is 0 Å². The quantitative estimate of drug-likeness (QED) is 0.927. The average Bonchev–Trinajstić information content (AvgIpc) is 2.39. The van der Waals surface area contributed by atoms with Crippen molar-refractivity contribution in [3.05, 3.63) is 18.2 Å². The van der Waals surface area contributed by atoms with E-state index in [1.807, 2.05) is 18.2 Å². The molecule has 0 amide bonds. The van der Waals surface area contributed by atoms with Crippen LogP contribution in [0.25, 0.3) is 0 Å². The van der Waals surface area contributed by atoms with E-state index in [0.717, 1.165) is 25.5 Å². The van der Waals surface area contributed by atoms with Gasteiger partial charge in [0, 0.05) is 19.2 Å². The van der Waals surface area contributed by atoms with Gasteiger partial charge in [0.2, 0.25) is 5.88 Å². The van der Waals surface area contributed by atoms with Crippen molar-refractivity contribution in [1.29, 1.82) is 0 Å². The largest absolute Gasteiger partial charge is 0.481 e. The first-order chi connectivity index (χ1) is 7.83. The van der Waals surface area contributed by atoms with Gasteiger partial charge >= 0.3 is 0 Å². The van der Waals surface area contributed by atoms with E-state index in [2.05, 4.69) is 9.88 Å². The minimum Gasteiger partial charge on any atom is -0.481 e. The van der Waals surface area contributed by atoms with Crippen LogP contribution in [-0.2, 0) is 0 Å². The SMILES string of the molecule is COc1cccc(N2CCCC(CN)C2)n1.Cl.Cl. The summed E-state index contributed by atoms with van der Waals surface area (Å²) in [6.07, 6.45) is 2.43. The topological polar surface area (TPSA) is 51.4 Å². The van der Waals surface area contributed by atoms with Crippen LogP contribution in [0.1, 0.15) is 12.8 Å². The molecular formula is C12H21Cl2N3O. The lowest BCUT2D eigenvalue weighted by atomic mass is 9.98. The fourth-order valence-electron chi connectivity index (χ4n) is 2.16. The molecule has 0 radical (unpaired) electrons. The van der Waals surface area contributed by atoms with Crippen LogP contribution in [0.15, 0.2) is 18.2 Å². The Labute approximate surface area is 121 Å². The van der Waals surface area contributed by atoms with Gasteiger partial charge in [0.25, 0.3) is 0 Å². The molecule has 18 heavy (non-hydrogen) atoms. The summed E-state index contributed by atoms with van der Waals surface area (Å²) in [5.41, 5.74) is 5.73. The number of pyridine rings is 1. The second-order valence-corrected chi connectivity index (χ2v) is 4.23. The summed E-state index contributed by atoms with van der Waals surface area (Å²) in [5.74, 6) is 2.27. The molecule has 2 N–H and O–H groups in total. The highest BCUT2D eigenvalue weighted by Gasteiger charge is 2.19. The zero-order valence-electron chi connectivity index (χ0n) is 10.5. The molecule has 2 heterocycles. The molecule has 104 valence electrons. The number of piperidine rings is 1. The lowest BCUT2D eigenvalue weighted by molar-refractivity contribution is 0.393.